The van der Waals surface area contributed by atoms with Crippen molar-refractivity contribution >= 4 is 23.8 Å². The van der Waals surface area contributed by atoms with Crippen LogP contribution in [0.2, 0.25) is 0 Å². The van der Waals surface area contributed by atoms with Crippen molar-refractivity contribution in [3.63, 3.8) is 0 Å². The van der Waals surface area contributed by atoms with E-state index in [9.17, 15) is 0 Å². The van der Waals surface area contributed by atoms with Crippen LogP contribution in [0.3, 0.4) is 0 Å². The van der Waals surface area contributed by atoms with Crippen molar-refractivity contribution in [1.29, 1.82) is 0 Å². The van der Waals surface area contributed by atoms with Gasteiger partial charge in [-0.25, -0.2) is 0 Å². The van der Waals surface area contributed by atoms with Gasteiger partial charge >= 0.3 is 0 Å². The van der Waals surface area contributed by atoms with Crippen LogP contribution in [0, 0.1) is 0 Å². The van der Waals surface area contributed by atoms with E-state index in [1.807, 2.05) is 0 Å². The smallest absolute Gasteiger partial charge is 0.157 e. The van der Waals surface area contributed by atoms with Crippen LogP contribution in [0.4, 0.5) is 0 Å². The molecule has 1 aliphatic heterocycles. The predicted octanol–water partition coefficient (Wildman–Crippen LogP) is 4.14. The summed E-state index contributed by atoms with van der Waals surface area (Å²) in [5.41, 5.74) is 1.44. The van der Waals surface area contributed by atoms with Crippen LogP contribution < -0.4 is 15.9 Å². The van der Waals surface area contributed by atoms with E-state index in [1.165, 1.54) is 21.5 Å². The molecule has 3 aromatic rings. The first kappa shape index (κ1) is 18.4. The molecular weight excluding hydrogens is 351 g/mol. The van der Waals surface area contributed by atoms with Crippen molar-refractivity contribution in [3.8, 4) is 0 Å². The molecule has 138 valence electrons. The Kier molecular flexibility index (Phi) is 6.32. The second-order valence-electron chi connectivity index (χ2n) is 6.70. The average Bonchev–Trinajstić information content (AvgIpc) is 3.25. The first-order valence-corrected chi connectivity index (χ1v) is 11.0. The molecule has 0 saturated carbocycles. The number of rotatable bonds is 7. The van der Waals surface area contributed by atoms with Crippen molar-refractivity contribution in [2.45, 2.75) is 25.6 Å². The Hall–Kier alpha value is -1.99. The highest BCUT2D eigenvalue weighted by Gasteiger charge is 2.20. The monoisotopic (exact) mass is 376 g/mol. The maximum absolute atomic E-state index is 5.59. The molecule has 3 aromatic carbocycles. The number of hydrogen-bond donors (Lipinski definition) is 0. The SMILES string of the molecule is c1ccc(P(c2ccccc2)c2ccccc2CCCC2OCCO2)cc1. The van der Waals surface area contributed by atoms with Gasteiger partial charge in [0.15, 0.2) is 6.29 Å². The van der Waals surface area contributed by atoms with E-state index >= 15 is 0 Å². The molecule has 0 radical (unpaired) electrons. The Morgan fingerprint density at radius 2 is 1.26 bits per heavy atom. The molecule has 3 heteroatoms. The van der Waals surface area contributed by atoms with E-state index in [0.29, 0.717) is 0 Å². The second kappa shape index (κ2) is 9.28. The van der Waals surface area contributed by atoms with Crippen molar-refractivity contribution in [2.24, 2.45) is 0 Å². The molecule has 0 atom stereocenters. The van der Waals surface area contributed by atoms with Gasteiger partial charge in [-0.1, -0.05) is 84.9 Å². The summed E-state index contributed by atoms with van der Waals surface area (Å²) in [6, 6.07) is 30.7. The maximum atomic E-state index is 5.59. The molecule has 0 spiro atoms. The summed E-state index contributed by atoms with van der Waals surface area (Å²) in [6.45, 7) is 1.46. The van der Waals surface area contributed by atoms with Crippen LogP contribution in [0.25, 0.3) is 0 Å². The van der Waals surface area contributed by atoms with Gasteiger partial charge in [-0.05, 0) is 48.7 Å². The van der Waals surface area contributed by atoms with E-state index in [1.54, 1.807) is 0 Å². The van der Waals surface area contributed by atoms with Gasteiger partial charge in [0.1, 0.15) is 0 Å². The van der Waals surface area contributed by atoms with Gasteiger partial charge in [-0.2, -0.15) is 0 Å². The standard InChI is InChI=1S/C24H25O2P/c1-3-12-21(13-4-1)27(22-14-5-2-6-15-22)23-16-8-7-10-20(23)11-9-17-24-25-18-19-26-24/h1-8,10,12-16,24H,9,11,17-19H2. The fourth-order valence-corrected chi connectivity index (χ4v) is 6.06. The Morgan fingerprint density at radius 1 is 0.704 bits per heavy atom. The van der Waals surface area contributed by atoms with Gasteiger partial charge in [0.2, 0.25) is 0 Å². The zero-order valence-corrected chi connectivity index (χ0v) is 16.4. The molecule has 1 fully saturated rings. The van der Waals surface area contributed by atoms with Crippen LogP contribution in [0.1, 0.15) is 18.4 Å². The number of ether oxygens (including phenoxy) is 2. The number of benzene rings is 3. The molecule has 27 heavy (non-hydrogen) atoms. The van der Waals surface area contributed by atoms with Gasteiger partial charge in [0.25, 0.3) is 0 Å². The van der Waals surface area contributed by atoms with E-state index in [2.05, 4.69) is 84.9 Å². The van der Waals surface area contributed by atoms with Crippen molar-refractivity contribution in [1.82, 2.24) is 0 Å². The highest BCUT2D eigenvalue weighted by molar-refractivity contribution is 7.79. The lowest BCUT2D eigenvalue weighted by molar-refractivity contribution is -0.0475. The third-order valence-corrected chi connectivity index (χ3v) is 7.39. The summed E-state index contributed by atoms with van der Waals surface area (Å²) in [6.07, 6.45) is 3.08. The molecule has 1 aliphatic rings. The highest BCUT2D eigenvalue weighted by atomic mass is 31.1. The lowest BCUT2D eigenvalue weighted by atomic mass is 10.1. The first-order chi connectivity index (χ1) is 13.4. The molecule has 1 saturated heterocycles. The predicted molar refractivity (Wildman–Crippen MR) is 114 cm³/mol. The van der Waals surface area contributed by atoms with Gasteiger partial charge in [-0.3, -0.25) is 0 Å². The van der Waals surface area contributed by atoms with Crippen LogP contribution in [0.15, 0.2) is 84.9 Å². The number of hydrogen-bond acceptors (Lipinski definition) is 2. The van der Waals surface area contributed by atoms with E-state index < -0.39 is 7.92 Å². The van der Waals surface area contributed by atoms with Gasteiger partial charge < -0.3 is 9.47 Å². The maximum Gasteiger partial charge on any atom is 0.157 e. The lowest BCUT2D eigenvalue weighted by Gasteiger charge is -2.22. The Labute approximate surface area is 162 Å². The van der Waals surface area contributed by atoms with Crippen molar-refractivity contribution < 1.29 is 9.47 Å². The molecule has 0 bridgehead atoms. The summed E-state index contributed by atoms with van der Waals surface area (Å²) in [4.78, 5) is 0. The summed E-state index contributed by atoms with van der Waals surface area (Å²) >= 11 is 0. The minimum absolute atomic E-state index is 0.0121. The zero-order valence-electron chi connectivity index (χ0n) is 15.5. The molecule has 0 aliphatic carbocycles. The molecule has 0 amide bonds. The van der Waals surface area contributed by atoms with Crippen LogP contribution in [-0.2, 0) is 15.9 Å². The minimum Gasteiger partial charge on any atom is -0.350 e. The van der Waals surface area contributed by atoms with Crippen molar-refractivity contribution in [3.05, 3.63) is 90.5 Å². The zero-order chi connectivity index (χ0) is 18.3. The quantitative estimate of drug-likeness (QED) is 0.577. The van der Waals surface area contributed by atoms with E-state index in [4.69, 9.17) is 9.47 Å². The Morgan fingerprint density at radius 3 is 1.89 bits per heavy atom. The minimum atomic E-state index is -0.556. The molecular formula is C24H25O2P. The Bertz CT molecular complexity index is 790. The summed E-state index contributed by atoms with van der Waals surface area (Å²) in [5.74, 6) is 0. The molecule has 0 unspecified atom stereocenters. The van der Waals surface area contributed by atoms with Crippen LogP contribution in [-0.4, -0.2) is 19.5 Å². The van der Waals surface area contributed by atoms with Gasteiger partial charge in [0.05, 0.1) is 13.2 Å². The summed E-state index contributed by atoms with van der Waals surface area (Å²) < 4.78 is 11.2. The van der Waals surface area contributed by atoms with Gasteiger partial charge in [-0.15, -0.1) is 0 Å². The summed E-state index contributed by atoms with van der Waals surface area (Å²) in [7, 11) is -0.556. The summed E-state index contributed by atoms with van der Waals surface area (Å²) in [5, 5.41) is 4.25. The third kappa shape index (κ3) is 4.65. The van der Waals surface area contributed by atoms with Crippen LogP contribution >= 0.6 is 7.92 Å². The van der Waals surface area contributed by atoms with E-state index in [0.717, 1.165) is 32.5 Å². The number of aryl methyl sites for hydroxylation is 1. The largest absolute Gasteiger partial charge is 0.350 e. The fourth-order valence-electron chi connectivity index (χ4n) is 3.55. The molecule has 2 nitrogen and oxygen atoms in total. The highest BCUT2D eigenvalue weighted by Crippen LogP contribution is 2.34. The third-order valence-electron chi connectivity index (χ3n) is 4.84. The molecule has 0 N–H and O–H groups in total. The van der Waals surface area contributed by atoms with Crippen molar-refractivity contribution in [2.75, 3.05) is 13.2 Å². The lowest BCUT2D eigenvalue weighted by Crippen LogP contribution is -2.23. The molecule has 0 aromatic heterocycles. The van der Waals surface area contributed by atoms with Crippen LogP contribution in [0.5, 0.6) is 0 Å². The Balaban J connectivity index is 1.62. The fraction of sp³-hybridized carbons (Fsp3) is 0.250. The van der Waals surface area contributed by atoms with Gasteiger partial charge in [0, 0.05) is 0 Å². The second-order valence-corrected chi connectivity index (χ2v) is 8.88. The first-order valence-electron chi connectivity index (χ1n) is 9.63. The van der Waals surface area contributed by atoms with E-state index in [-0.39, 0.29) is 6.29 Å². The topological polar surface area (TPSA) is 18.5 Å². The molecule has 4 rings (SSSR count). The normalized spacial score (nSPS) is 14.7. The molecule has 1 heterocycles. The average molecular weight is 376 g/mol.